The lowest BCUT2D eigenvalue weighted by Crippen LogP contribution is -2.36. The largest absolute Gasteiger partial charge is 0.493 e. The van der Waals surface area contributed by atoms with Crippen LogP contribution in [-0.2, 0) is 4.74 Å². The zero-order chi connectivity index (χ0) is 14.4. The molecule has 0 amide bonds. The Morgan fingerprint density at radius 2 is 2.10 bits per heavy atom. The van der Waals surface area contributed by atoms with Crippen LogP contribution in [0.4, 0.5) is 0 Å². The molecular formula is C15H19NO3S. The van der Waals surface area contributed by atoms with Crippen LogP contribution in [0.15, 0.2) is 18.2 Å². The van der Waals surface area contributed by atoms with Crippen molar-refractivity contribution < 1.29 is 14.2 Å². The average molecular weight is 293 g/mol. The molecule has 4 nitrogen and oxygen atoms in total. The summed E-state index contributed by atoms with van der Waals surface area (Å²) in [4.78, 5) is 0. The highest BCUT2D eigenvalue weighted by Crippen LogP contribution is 2.35. The molecule has 0 aliphatic carbocycles. The van der Waals surface area contributed by atoms with Gasteiger partial charge in [-0.1, -0.05) is 0 Å². The number of hydrogen-bond donors (Lipinski definition) is 1. The van der Waals surface area contributed by atoms with Crippen LogP contribution in [0.2, 0.25) is 0 Å². The zero-order valence-electron chi connectivity index (χ0n) is 11.6. The van der Waals surface area contributed by atoms with E-state index in [0.717, 1.165) is 31.8 Å². The number of benzene rings is 1. The number of thiol groups is 1. The van der Waals surface area contributed by atoms with E-state index in [9.17, 15) is 0 Å². The second-order valence-corrected chi connectivity index (χ2v) is 5.35. The summed E-state index contributed by atoms with van der Waals surface area (Å²) >= 11 is 4.47. The van der Waals surface area contributed by atoms with Gasteiger partial charge in [0.25, 0.3) is 0 Å². The fourth-order valence-electron chi connectivity index (χ4n) is 2.24. The Labute approximate surface area is 125 Å². The average Bonchev–Trinajstić information content (AvgIpc) is 2.53. The summed E-state index contributed by atoms with van der Waals surface area (Å²) < 4.78 is 16.6. The maximum Gasteiger partial charge on any atom is 0.162 e. The van der Waals surface area contributed by atoms with Gasteiger partial charge in [0.05, 0.1) is 25.3 Å². The molecule has 0 atom stereocenters. The van der Waals surface area contributed by atoms with Crippen LogP contribution in [0, 0.1) is 16.7 Å². The van der Waals surface area contributed by atoms with Gasteiger partial charge >= 0.3 is 0 Å². The molecule has 1 heterocycles. The monoisotopic (exact) mass is 293 g/mol. The van der Waals surface area contributed by atoms with Crippen LogP contribution in [0.1, 0.15) is 18.4 Å². The minimum absolute atomic E-state index is 0.0558. The molecule has 0 saturated carbocycles. The van der Waals surface area contributed by atoms with E-state index in [1.165, 1.54) is 0 Å². The Hall–Kier alpha value is -1.38. The van der Waals surface area contributed by atoms with E-state index < -0.39 is 0 Å². The molecular weight excluding hydrogens is 274 g/mol. The molecule has 1 fully saturated rings. The smallest absolute Gasteiger partial charge is 0.162 e. The maximum absolute atomic E-state index is 8.89. The third-order valence-electron chi connectivity index (χ3n) is 3.72. The van der Waals surface area contributed by atoms with Crippen LogP contribution in [0.25, 0.3) is 0 Å². The first-order valence-corrected chi connectivity index (χ1v) is 7.26. The topological polar surface area (TPSA) is 51.5 Å². The van der Waals surface area contributed by atoms with Crippen molar-refractivity contribution in [3.05, 3.63) is 23.8 Å². The standard InChI is InChI=1S/C15H19NO3S/c1-17-14-8-12(9-16)2-3-13(14)19-10-15(11-20)4-6-18-7-5-15/h2-3,8,20H,4-7,10-11H2,1H3. The zero-order valence-corrected chi connectivity index (χ0v) is 12.5. The molecule has 5 heteroatoms. The SMILES string of the molecule is COc1cc(C#N)ccc1OCC1(CS)CCOCC1. The van der Waals surface area contributed by atoms with Gasteiger partial charge in [-0.25, -0.2) is 0 Å². The lowest BCUT2D eigenvalue weighted by Gasteiger charge is -2.35. The molecule has 1 aromatic carbocycles. The molecule has 1 aliphatic heterocycles. The van der Waals surface area contributed by atoms with Crippen LogP contribution in [-0.4, -0.2) is 32.7 Å². The highest BCUT2D eigenvalue weighted by molar-refractivity contribution is 7.80. The minimum Gasteiger partial charge on any atom is -0.493 e. The van der Waals surface area contributed by atoms with Crippen molar-refractivity contribution in [3.63, 3.8) is 0 Å². The Kier molecular flexibility index (Phi) is 5.16. The lowest BCUT2D eigenvalue weighted by atomic mass is 9.83. The van der Waals surface area contributed by atoms with E-state index in [1.807, 2.05) is 0 Å². The van der Waals surface area contributed by atoms with Gasteiger partial charge in [-0.15, -0.1) is 0 Å². The highest BCUT2D eigenvalue weighted by atomic mass is 32.1. The minimum atomic E-state index is 0.0558. The summed E-state index contributed by atoms with van der Waals surface area (Å²) in [6.07, 6.45) is 1.91. The summed E-state index contributed by atoms with van der Waals surface area (Å²) in [6, 6.07) is 7.29. The number of methoxy groups -OCH3 is 1. The van der Waals surface area contributed by atoms with Crippen molar-refractivity contribution in [1.29, 1.82) is 5.26 Å². The fraction of sp³-hybridized carbons (Fsp3) is 0.533. The molecule has 2 rings (SSSR count). The summed E-state index contributed by atoms with van der Waals surface area (Å²) in [7, 11) is 1.58. The summed E-state index contributed by atoms with van der Waals surface area (Å²) in [5.74, 6) is 2.03. The summed E-state index contributed by atoms with van der Waals surface area (Å²) in [5, 5.41) is 8.89. The molecule has 108 valence electrons. The molecule has 0 aromatic heterocycles. The second-order valence-electron chi connectivity index (χ2n) is 5.04. The molecule has 0 spiro atoms. The van der Waals surface area contributed by atoms with Crippen LogP contribution >= 0.6 is 12.6 Å². The predicted octanol–water partition coefficient (Wildman–Crippen LogP) is 2.67. The van der Waals surface area contributed by atoms with Gasteiger partial charge in [-0.3, -0.25) is 0 Å². The normalized spacial score (nSPS) is 17.2. The van der Waals surface area contributed by atoms with Gasteiger partial charge in [0, 0.05) is 24.7 Å². The van der Waals surface area contributed by atoms with Crippen LogP contribution < -0.4 is 9.47 Å². The predicted molar refractivity (Wildman–Crippen MR) is 79.5 cm³/mol. The molecule has 20 heavy (non-hydrogen) atoms. The third kappa shape index (κ3) is 3.38. The van der Waals surface area contributed by atoms with Crippen LogP contribution in [0.5, 0.6) is 11.5 Å². The molecule has 1 aromatic rings. The van der Waals surface area contributed by atoms with E-state index in [4.69, 9.17) is 19.5 Å². The molecule has 1 saturated heterocycles. The van der Waals surface area contributed by atoms with Gasteiger partial charge in [-0.05, 0) is 30.7 Å². The summed E-state index contributed by atoms with van der Waals surface area (Å²) in [5.41, 5.74) is 0.615. The van der Waals surface area contributed by atoms with Gasteiger partial charge in [0.15, 0.2) is 11.5 Å². The van der Waals surface area contributed by atoms with Crippen molar-refractivity contribution in [1.82, 2.24) is 0 Å². The number of nitriles is 1. The third-order valence-corrected chi connectivity index (χ3v) is 4.39. The number of hydrogen-bond acceptors (Lipinski definition) is 5. The van der Waals surface area contributed by atoms with E-state index in [2.05, 4.69) is 18.7 Å². The van der Waals surface area contributed by atoms with Gasteiger partial charge in [0.1, 0.15) is 0 Å². The van der Waals surface area contributed by atoms with Crippen molar-refractivity contribution >= 4 is 12.6 Å². The number of ether oxygens (including phenoxy) is 3. The Bertz CT molecular complexity index is 492. The first-order valence-electron chi connectivity index (χ1n) is 6.62. The molecule has 0 radical (unpaired) electrons. The van der Waals surface area contributed by atoms with Gasteiger partial charge in [0.2, 0.25) is 0 Å². The van der Waals surface area contributed by atoms with Gasteiger partial charge < -0.3 is 14.2 Å². The molecule has 0 bridgehead atoms. The molecule has 1 aliphatic rings. The molecule has 0 N–H and O–H groups in total. The highest BCUT2D eigenvalue weighted by Gasteiger charge is 2.32. The van der Waals surface area contributed by atoms with E-state index in [-0.39, 0.29) is 5.41 Å². The second kappa shape index (κ2) is 6.87. The fourth-order valence-corrected chi connectivity index (χ4v) is 2.65. The van der Waals surface area contributed by atoms with E-state index in [1.54, 1.807) is 25.3 Å². The Balaban J connectivity index is 2.08. The van der Waals surface area contributed by atoms with Crippen molar-refractivity contribution in [2.75, 3.05) is 32.7 Å². The Morgan fingerprint density at radius 3 is 2.70 bits per heavy atom. The van der Waals surface area contributed by atoms with Crippen LogP contribution in [0.3, 0.4) is 0 Å². The number of nitrogens with zero attached hydrogens (tertiary/aromatic N) is 1. The quantitative estimate of drug-likeness (QED) is 0.848. The van der Waals surface area contributed by atoms with E-state index in [0.29, 0.717) is 23.7 Å². The summed E-state index contributed by atoms with van der Waals surface area (Å²) in [6.45, 7) is 2.10. The van der Waals surface area contributed by atoms with Crippen molar-refractivity contribution in [3.8, 4) is 17.6 Å². The first-order chi connectivity index (χ1) is 9.73. The first kappa shape index (κ1) is 15.0. The Morgan fingerprint density at radius 1 is 1.35 bits per heavy atom. The van der Waals surface area contributed by atoms with Crippen molar-refractivity contribution in [2.45, 2.75) is 12.8 Å². The molecule has 0 unspecified atom stereocenters. The van der Waals surface area contributed by atoms with Crippen molar-refractivity contribution in [2.24, 2.45) is 5.41 Å². The number of rotatable bonds is 5. The maximum atomic E-state index is 8.89. The lowest BCUT2D eigenvalue weighted by molar-refractivity contribution is 0.00270. The van der Waals surface area contributed by atoms with Gasteiger partial charge in [-0.2, -0.15) is 17.9 Å². The van der Waals surface area contributed by atoms with E-state index >= 15 is 0 Å².